The van der Waals surface area contributed by atoms with Crippen LogP contribution in [0.1, 0.15) is 6.92 Å². The van der Waals surface area contributed by atoms with Crippen molar-refractivity contribution in [2.24, 2.45) is 0 Å². The fraction of sp³-hybridized carbons (Fsp3) is 0.0769. The van der Waals surface area contributed by atoms with Gasteiger partial charge in [-0.3, -0.25) is 0 Å². The maximum absolute atomic E-state index is 6.09. The summed E-state index contributed by atoms with van der Waals surface area (Å²) in [5.74, 6) is 0. The zero-order valence-corrected chi connectivity index (χ0v) is 15.6. The Balaban J connectivity index is 1.59. The minimum Gasteiger partial charge on any atom is -0.456 e. The van der Waals surface area contributed by atoms with Crippen molar-refractivity contribution in [1.29, 1.82) is 0 Å². The van der Waals surface area contributed by atoms with Gasteiger partial charge in [-0.2, -0.15) is 0 Å². The van der Waals surface area contributed by atoms with E-state index in [9.17, 15) is 0 Å². The highest BCUT2D eigenvalue weighted by molar-refractivity contribution is 6.10. The van der Waals surface area contributed by atoms with E-state index in [-0.39, 0.29) is 0 Å². The van der Waals surface area contributed by atoms with E-state index in [1.165, 1.54) is 43.7 Å². The molecule has 0 aliphatic rings. The van der Waals surface area contributed by atoms with Crippen LogP contribution in [-0.4, -0.2) is 4.57 Å². The van der Waals surface area contributed by atoms with Crippen LogP contribution in [0, 0.1) is 0 Å². The molecule has 134 valence electrons. The summed E-state index contributed by atoms with van der Waals surface area (Å²) in [7, 11) is 0. The SMILES string of the molecule is CCn1c2ccccc2c2cc(-c3ccc4c(c3)oc3ccccc34)ccc21. The minimum atomic E-state index is 0.940. The number of nitrogens with zero attached hydrogens (tertiary/aromatic N) is 1. The number of aryl methyl sites for hydroxylation is 1. The monoisotopic (exact) mass is 361 g/mol. The summed E-state index contributed by atoms with van der Waals surface area (Å²) < 4.78 is 8.48. The smallest absolute Gasteiger partial charge is 0.136 e. The molecule has 0 unspecified atom stereocenters. The van der Waals surface area contributed by atoms with Crippen molar-refractivity contribution in [2.75, 3.05) is 0 Å². The molecule has 0 saturated heterocycles. The van der Waals surface area contributed by atoms with Crippen molar-refractivity contribution in [3.05, 3.63) is 84.9 Å². The molecule has 0 N–H and O–H groups in total. The van der Waals surface area contributed by atoms with Crippen molar-refractivity contribution >= 4 is 43.7 Å². The average Bonchev–Trinajstić information content (AvgIpc) is 3.28. The van der Waals surface area contributed by atoms with Gasteiger partial charge in [0.1, 0.15) is 11.2 Å². The molecule has 6 rings (SSSR count). The molecule has 0 fully saturated rings. The first-order valence-corrected chi connectivity index (χ1v) is 9.76. The fourth-order valence-electron chi connectivity index (χ4n) is 4.48. The number of fused-ring (bicyclic) bond motifs is 6. The Morgan fingerprint density at radius 1 is 0.607 bits per heavy atom. The Labute approximate surface area is 162 Å². The topological polar surface area (TPSA) is 18.1 Å². The van der Waals surface area contributed by atoms with Crippen LogP contribution in [0.15, 0.2) is 89.3 Å². The molecule has 28 heavy (non-hydrogen) atoms. The fourth-order valence-corrected chi connectivity index (χ4v) is 4.48. The van der Waals surface area contributed by atoms with Crippen molar-refractivity contribution in [3.8, 4) is 11.1 Å². The molecule has 0 saturated carbocycles. The van der Waals surface area contributed by atoms with E-state index in [1.807, 2.05) is 12.1 Å². The van der Waals surface area contributed by atoms with Crippen molar-refractivity contribution in [2.45, 2.75) is 13.5 Å². The molecule has 0 atom stereocenters. The first-order valence-electron chi connectivity index (χ1n) is 9.76. The van der Waals surface area contributed by atoms with Gasteiger partial charge >= 0.3 is 0 Å². The van der Waals surface area contributed by atoms with Crippen LogP contribution in [0.5, 0.6) is 0 Å². The summed E-state index contributed by atoms with van der Waals surface area (Å²) in [4.78, 5) is 0. The second kappa shape index (κ2) is 5.74. The van der Waals surface area contributed by atoms with Gasteiger partial charge < -0.3 is 8.98 Å². The van der Waals surface area contributed by atoms with E-state index >= 15 is 0 Å². The molecule has 0 aliphatic heterocycles. The third-order valence-corrected chi connectivity index (χ3v) is 5.80. The Kier molecular flexibility index (Phi) is 3.18. The van der Waals surface area contributed by atoms with Gasteiger partial charge in [0.25, 0.3) is 0 Å². The van der Waals surface area contributed by atoms with E-state index in [0.717, 1.165) is 17.7 Å². The van der Waals surface area contributed by atoms with Gasteiger partial charge in [0.15, 0.2) is 0 Å². The van der Waals surface area contributed by atoms with Gasteiger partial charge in [-0.1, -0.05) is 48.5 Å². The lowest BCUT2D eigenvalue weighted by Gasteiger charge is -2.05. The molecule has 4 aromatic carbocycles. The third kappa shape index (κ3) is 2.09. The highest BCUT2D eigenvalue weighted by atomic mass is 16.3. The number of furan rings is 1. The van der Waals surface area contributed by atoms with Crippen molar-refractivity contribution in [1.82, 2.24) is 4.57 Å². The molecule has 0 spiro atoms. The van der Waals surface area contributed by atoms with Crippen molar-refractivity contribution < 1.29 is 4.42 Å². The van der Waals surface area contributed by atoms with Crippen LogP contribution in [0.25, 0.3) is 54.9 Å². The number of aromatic nitrogens is 1. The first-order chi connectivity index (χ1) is 13.8. The molecule has 6 aromatic rings. The molecule has 0 aliphatic carbocycles. The van der Waals surface area contributed by atoms with Gasteiger partial charge in [-0.25, -0.2) is 0 Å². The lowest BCUT2D eigenvalue weighted by molar-refractivity contribution is 0.669. The average molecular weight is 361 g/mol. The molecular weight excluding hydrogens is 342 g/mol. The van der Waals surface area contributed by atoms with E-state index in [2.05, 4.69) is 84.3 Å². The van der Waals surface area contributed by atoms with Crippen LogP contribution < -0.4 is 0 Å². The van der Waals surface area contributed by atoms with E-state index in [1.54, 1.807) is 0 Å². The Morgan fingerprint density at radius 2 is 1.29 bits per heavy atom. The standard InChI is InChI=1S/C26H19NO/c1-2-27-23-9-5-3-7-19(23)22-15-17(12-14-24(22)27)18-11-13-21-20-8-4-6-10-25(20)28-26(21)16-18/h3-16H,2H2,1H3. The molecule has 0 radical (unpaired) electrons. The summed E-state index contributed by atoms with van der Waals surface area (Å²) in [6.45, 7) is 3.17. The van der Waals surface area contributed by atoms with E-state index in [4.69, 9.17) is 4.42 Å². The molecule has 2 nitrogen and oxygen atoms in total. The van der Waals surface area contributed by atoms with Gasteiger partial charge in [0.05, 0.1) is 0 Å². The zero-order chi connectivity index (χ0) is 18.7. The second-order valence-corrected chi connectivity index (χ2v) is 7.30. The van der Waals surface area contributed by atoms with Crippen LogP contribution in [0.3, 0.4) is 0 Å². The highest BCUT2D eigenvalue weighted by Gasteiger charge is 2.12. The normalized spacial score (nSPS) is 11.9. The molecule has 2 heterocycles. The van der Waals surface area contributed by atoms with Gasteiger partial charge in [-0.15, -0.1) is 0 Å². The summed E-state index contributed by atoms with van der Waals surface area (Å²) in [5.41, 5.74) is 6.86. The maximum atomic E-state index is 6.09. The number of benzene rings is 4. The molecule has 2 aromatic heterocycles. The summed E-state index contributed by atoms with van der Waals surface area (Å²) in [5, 5.41) is 4.96. The van der Waals surface area contributed by atoms with Crippen LogP contribution in [-0.2, 0) is 6.54 Å². The van der Waals surface area contributed by atoms with E-state index < -0.39 is 0 Å². The minimum absolute atomic E-state index is 0.940. The molecular formula is C26H19NO. The summed E-state index contributed by atoms with van der Waals surface area (Å²) in [6.07, 6.45) is 0. The predicted octanol–water partition coefficient (Wildman–Crippen LogP) is 7.38. The maximum Gasteiger partial charge on any atom is 0.136 e. The number of rotatable bonds is 2. The highest BCUT2D eigenvalue weighted by Crippen LogP contribution is 2.35. The van der Waals surface area contributed by atoms with Gasteiger partial charge in [0, 0.05) is 39.1 Å². The number of hydrogen-bond acceptors (Lipinski definition) is 1. The first kappa shape index (κ1) is 15.5. The largest absolute Gasteiger partial charge is 0.456 e. The van der Waals surface area contributed by atoms with Gasteiger partial charge in [-0.05, 0) is 54.4 Å². The van der Waals surface area contributed by atoms with Crippen LogP contribution in [0.4, 0.5) is 0 Å². The zero-order valence-electron chi connectivity index (χ0n) is 15.6. The van der Waals surface area contributed by atoms with Crippen LogP contribution in [0.2, 0.25) is 0 Å². The Hall–Kier alpha value is -3.52. The molecule has 0 bridgehead atoms. The third-order valence-electron chi connectivity index (χ3n) is 5.80. The van der Waals surface area contributed by atoms with Crippen molar-refractivity contribution in [3.63, 3.8) is 0 Å². The van der Waals surface area contributed by atoms with Crippen LogP contribution >= 0.6 is 0 Å². The van der Waals surface area contributed by atoms with E-state index in [0.29, 0.717) is 0 Å². The number of para-hydroxylation sites is 2. The lowest BCUT2D eigenvalue weighted by Crippen LogP contribution is -1.92. The molecule has 2 heteroatoms. The second-order valence-electron chi connectivity index (χ2n) is 7.30. The van der Waals surface area contributed by atoms with Gasteiger partial charge in [0.2, 0.25) is 0 Å². The number of hydrogen-bond donors (Lipinski definition) is 0. The molecule has 0 amide bonds. The Bertz CT molecular complexity index is 1500. The summed E-state index contributed by atoms with van der Waals surface area (Å²) >= 11 is 0. The lowest BCUT2D eigenvalue weighted by atomic mass is 10.0. The Morgan fingerprint density at radius 3 is 2.18 bits per heavy atom. The quantitative estimate of drug-likeness (QED) is 0.314. The predicted molar refractivity (Wildman–Crippen MR) is 118 cm³/mol. The summed E-state index contributed by atoms with van der Waals surface area (Å²) in [6, 6.07) is 30.2.